The predicted molar refractivity (Wildman–Crippen MR) is 60.4 cm³/mol. The second-order valence-corrected chi connectivity index (χ2v) is 4.94. The first-order valence-electron chi connectivity index (χ1n) is 5.88. The maximum atomic E-state index is 13.2. The second kappa shape index (κ2) is 4.69. The minimum atomic E-state index is -1.39. The third-order valence-electron chi connectivity index (χ3n) is 3.32. The first kappa shape index (κ1) is 12.4. The van der Waals surface area contributed by atoms with Crippen molar-refractivity contribution in [2.24, 2.45) is 0 Å². The van der Waals surface area contributed by atoms with Gasteiger partial charge in [-0.3, -0.25) is 0 Å². The molecule has 1 aromatic carbocycles. The van der Waals surface area contributed by atoms with E-state index in [0.717, 1.165) is 25.0 Å². The zero-order valence-corrected chi connectivity index (χ0v) is 9.93. The molecule has 2 rings (SSSR count). The Bertz CT molecular complexity index is 386. The molecule has 0 saturated carbocycles. The molecule has 0 amide bonds. The third kappa shape index (κ3) is 2.63. The Morgan fingerprint density at radius 3 is 1.94 bits per heavy atom. The topological polar surface area (TPSA) is 12.0 Å². The van der Waals surface area contributed by atoms with Crippen LogP contribution in [0.25, 0.3) is 0 Å². The normalized spacial score (nSPS) is 29.4. The van der Waals surface area contributed by atoms with Gasteiger partial charge in [0.25, 0.3) is 0 Å². The molecular weight excluding hydrogens is 227 g/mol. The van der Waals surface area contributed by atoms with E-state index in [0.29, 0.717) is 17.6 Å². The summed E-state index contributed by atoms with van der Waals surface area (Å²) in [7, 11) is 0. The van der Waals surface area contributed by atoms with Crippen molar-refractivity contribution in [1.82, 2.24) is 5.32 Å². The maximum absolute atomic E-state index is 13.2. The molecule has 0 aromatic heterocycles. The van der Waals surface area contributed by atoms with E-state index in [2.05, 4.69) is 5.32 Å². The van der Waals surface area contributed by atoms with E-state index in [1.807, 2.05) is 13.8 Å². The Hall–Kier alpha value is -1.03. The third-order valence-corrected chi connectivity index (χ3v) is 3.32. The van der Waals surface area contributed by atoms with Gasteiger partial charge in [-0.25, -0.2) is 13.2 Å². The van der Waals surface area contributed by atoms with Crippen LogP contribution in [-0.4, -0.2) is 12.1 Å². The molecule has 1 nitrogen and oxygen atoms in total. The highest BCUT2D eigenvalue weighted by Gasteiger charge is 2.26. The highest BCUT2D eigenvalue weighted by atomic mass is 19.2. The van der Waals surface area contributed by atoms with Crippen LogP contribution in [-0.2, 0) is 0 Å². The lowest BCUT2D eigenvalue weighted by Crippen LogP contribution is -2.41. The van der Waals surface area contributed by atoms with Crippen LogP contribution in [0.2, 0.25) is 0 Å². The molecule has 1 N–H and O–H groups in total. The molecule has 1 fully saturated rings. The molecule has 1 aliphatic rings. The van der Waals surface area contributed by atoms with Crippen molar-refractivity contribution >= 4 is 0 Å². The fraction of sp³-hybridized carbons (Fsp3) is 0.538. The monoisotopic (exact) mass is 243 g/mol. The Balaban J connectivity index is 2.27. The Labute approximate surface area is 99.0 Å². The average molecular weight is 243 g/mol. The van der Waals surface area contributed by atoms with E-state index in [9.17, 15) is 13.2 Å². The number of benzene rings is 1. The van der Waals surface area contributed by atoms with Gasteiger partial charge in [-0.2, -0.15) is 0 Å². The first-order chi connectivity index (χ1) is 7.97. The molecule has 4 heteroatoms. The van der Waals surface area contributed by atoms with Gasteiger partial charge < -0.3 is 5.32 Å². The minimum absolute atomic E-state index is 0.0887. The molecular formula is C13H16F3N. The van der Waals surface area contributed by atoms with Crippen LogP contribution >= 0.6 is 0 Å². The summed E-state index contributed by atoms with van der Waals surface area (Å²) >= 11 is 0. The van der Waals surface area contributed by atoms with Gasteiger partial charge in [-0.05, 0) is 50.3 Å². The van der Waals surface area contributed by atoms with Gasteiger partial charge >= 0.3 is 0 Å². The number of hydrogen-bond donors (Lipinski definition) is 1. The summed E-state index contributed by atoms with van der Waals surface area (Å²) < 4.78 is 39.2. The number of rotatable bonds is 1. The van der Waals surface area contributed by atoms with Crippen LogP contribution in [0.15, 0.2) is 12.1 Å². The summed E-state index contributed by atoms with van der Waals surface area (Å²) in [4.78, 5) is 0. The standard InChI is InChI=1S/C13H16F3N/c1-7-3-9(4-8(2)17-7)10-5-11(14)13(16)12(15)6-10/h5-9,17H,3-4H2,1-2H3. The number of piperidine rings is 1. The molecule has 1 aromatic rings. The van der Waals surface area contributed by atoms with Crippen molar-refractivity contribution in [3.63, 3.8) is 0 Å². The van der Waals surface area contributed by atoms with Crippen LogP contribution < -0.4 is 5.32 Å². The molecule has 17 heavy (non-hydrogen) atoms. The summed E-state index contributed by atoms with van der Waals surface area (Å²) in [6, 6.07) is 2.85. The van der Waals surface area contributed by atoms with E-state index in [1.165, 1.54) is 0 Å². The van der Waals surface area contributed by atoms with Crippen molar-refractivity contribution < 1.29 is 13.2 Å². The number of hydrogen-bond acceptors (Lipinski definition) is 1. The van der Waals surface area contributed by atoms with Gasteiger partial charge in [-0.15, -0.1) is 0 Å². The van der Waals surface area contributed by atoms with E-state index in [1.54, 1.807) is 0 Å². The molecule has 1 heterocycles. The Kier molecular flexibility index (Phi) is 3.43. The lowest BCUT2D eigenvalue weighted by atomic mass is 9.84. The van der Waals surface area contributed by atoms with Crippen LogP contribution in [0, 0.1) is 17.5 Å². The maximum Gasteiger partial charge on any atom is 0.194 e. The van der Waals surface area contributed by atoms with E-state index < -0.39 is 17.5 Å². The molecule has 0 bridgehead atoms. The van der Waals surface area contributed by atoms with Gasteiger partial charge in [0.15, 0.2) is 17.5 Å². The highest BCUT2D eigenvalue weighted by molar-refractivity contribution is 5.24. The highest BCUT2D eigenvalue weighted by Crippen LogP contribution is 2.31. The van der Waals surface area contributed by atoms with Gasteiger partial charge in [0.2, 0.25) is 0 Å². The van der Waals surface area contributed by atoms with E-state index in [-0.39, 0.29) is 5.92 Å². The van der Waals surface area contributed by atoms with Gasteiger partial charge in [0.1, 0.15) is 0 Å². The SMILES string of the molecule is CC1CC(c2cc(F)c(F)c(F)c2)CC(C)N1. The van der Waals surface area contributed by atoms with Crippen molar-refractivity contribution in [2.45, 2.75) is 44.7 Å². The van der Waals surface area contributed by atoms with Gasteiger partial charge in [0.05, 0.1) is 0 Å². The zero-order valence-electron chi connectivity index (χ0n) is 9.93. The molecule has 94 valence electrons. The molecule has 2 unspecified atom stereocenters. The van der Waals surface area contributed by atoms with Crippen LogP contribution in [0.4, 0.5) is 13.2 Å². The second-order valence-electron chi connectivity index (χ2n) is 4.94. The minimum Gasteiger partial charge on any atom is -0.312 e. The number of nitrogens with one attached hydrogen (secondary N) is 1. The first-order valence-corrected chi connectivity index (χ1v) is 5.88. The van der Waals surface area contributed by atoms with Crippen molar-refractivity contribution in [2.75, 3.05) is 0 Å². The molecule has 2 atom stereocenters. The Morgan fingerprint density at radius 1 is 1.00 bits per heavy atom. The molecule has 1 saturated heterocycles. The summed E-state index contributed by atoms with van der Waals surface area (Å²) in [5.41, 5.74) is 0.557. The quantitative estimate of drug-likeness (QED) is 0.746. The van der Waals surface area contributed by atoms with E-state index >= 15 is 0 Å². The lowest BCUT2D eigenvalue weighted by molar-refractivity contribution is 0.315. The summed E-state index contributed by atoms with van der Waals surface area (Å²) in [5, 5.41) is 3.36. The molecule has 1 aliphatic heterocycles. The fourth-order valence-electron chi connectivity index (χ4n) is 2.65. The smallest absolute Gasteiger partial charge is 0.194 e. The predicted octanol–water partition coefficient (Wildman–Crippen LogP) is 3.35. The summed E-state index contributed by atoms with van der Waals surface area (Å²) in [6.07, 6.45) is 1.63. The summed E-state index contributed by atoms with van der Waals surface area (Å²) in [6.45, 7) is 4.08. The average Bonchev–Trinajstić information content (AvgIpc) is 2.23. The van der Waals surface area contributed by atoms with Crippen LogP contribution in [0.1, 0.15) is 38.2 Å². The van der Waals surface area contributed by atoms with Crippen molar-refractivity contribution in [3.05, 3.63) is 35.1 Å². The molecule has 0 aliphatic carbocycles. The zero-order chi connectivity index (χ0) is 12.6. The van der Waals surface area contributed by atoms with Crippen LogP contribution in [0.3, 0.4) is 0 Å². The Morgan fingerprint density at radius 2 is 1.47 bits per heavy atom. The van der Waals surface area contributed by atoms with Gasteiger partial charge in [0, 0.05) is 12.1 Å². The lowest BCUT2D eigenvalue weighted by Gasteiger charge is -2.33. The molecule has 0 radical (unpaired) electrons. The molecule has 0 spiro atoms. The largest absolute Gasteiger partial charge is 0.312 e. The number of halogens is 3. The fourth-order valence-corrected chi connectivity index (χ4v) is 2.65. The van der Waals surface area contributed by atoms with Gasteiger partial charge in [-0.1, -0.05) is 0 Å². The summed E-state index contributed by atoms with van der Waals surface area (Å²) in [5.74, 6) is -3.49. The van der Waals surface area contributed by atoms with Crippen LogP contribution in [0.5, 0.6) is 0 Å². The van der Waals surface area contributed by atoms with E-state index in [4.69, 9.17) is 0 Å². The van der Waals surface area contributed by atoms with Crippen molar-refractivity contribution in [3.8, 4) is 0 Å². The van der Waals surface area contributed by atoms with Crippen molar-refractivity contribution in [1.29, 1.82) is 0 Å².